The van der Waals surface area contributed by atoms with Gasteiger partial charge in [0.1, 0.15) is 15.9 Å². The number of hydrogen-bond donors (Lipinski definition) is 2. The third kappa shape index (κ3) is 2.76. The standard InChI is InChI=1S/C18H16ClN3O2S/c1-9-7-10(8-24-2)13-14-15(25-18(13)20-9)17(23)22-16(21-14)11-5-3-4-6-12(11)19/h3-7,16,21H,8H2,1-2H3,(H,22,23). The van der Waals surface area contributed by atoms with E-state index in [1.807, 2.05) is 37.3 Å². The van der Waals surface area contributed by atoms with Crippen molar-refractivity contribution in [3.8, 4) is 0 Å². The Morgan fingerprint density at radius 2 is 2.12 bits per heavy atom. The van der Waals surface area contributed by atoms with E-state index in [-0.39, 0.29) is 12.1 Å². The second kappa shape index (κ2) is 6.29. The molecule has 0 saturated heterocycles. The molecule has 1 atom stereocenters. The van der Waals surface area contributed by atoms with Crippen LogP contribution in [0.25, 0.3) is 10.2 Å². The van der Waals surface area contributed by atoms with E-state index in [1.165, 1.54) is 11.3 Å². The second-order valence-corrected chi connectivity index (χ2v) is 7.32. The predicted molar refractivity (Wildman–Crippen MR) is 100 cm³/mol. The molecule has 1 amide bonds. The van der Waals surface area contributed by atoms with Crippen LogP contribution in [0, 0.1) is 6.92 Å². The van der Waals surface area contributed by atoms with Gasteiger partial charge in [-0.2, -0.15) is 0 Å². The van der Waals surface area contributed by atoms with Crippen molar-refractivity contribution in [1.82, 2.24) is 10.3 Å². The van der Waals surface area contributed by atoms with E-state index in [0.717, 1.165) is 32.7 Å². The summed E-state index contributed by atoms with van der Waals surface area (Å²) in [6, 6.07) is 9.48. The van der Waals surface area contributed by atoms with Crippen molar-refractivity contribution >= 4 is 44.7 Å². The normalized spacial score (nSPS) is 16.4. The molecule has 4 rings (SSSR count). The number of aryl methyl sites for hydroxylation is 1. The fraction of sp³-hybridized carbons (Fsp3) is 0.222. The number of halogens is 1. The Morgan fingerprint density at radius 3 is 2.88 bits per heavy atom. The smallest absolute Gasteiger partial charge is 0.265 e. The number of aromatic nitrogens is 1. The molecule has 3 heterocycles. The van der Waals surface area contributed by atoms with Crippen molar-refractivity contribution < 1.29 is 9.53 Å². The van der Waals surface area contributed by atoms with E-state index < -0.39 is 0 Å². The summed E-state index contributed by atoms with van der Waals surface area (Å²) in [5.74, 6) is -0.123. The van der Waals surface area contributed by atoms with Gasteiger partial charge in [-0.05, 0) is 24.6 Å². The van der Waals surface area contributed by atoms with Gasteiger partial charge in [0.25, 0.3) is 5.91 Å². The molecule has 128 valence electrons. The molecule has 0 bridgehead atoms. The van der Waals surface area contributed by atoms with Gasteiger partial charge in [-0.15, -0.1) is 11.3 Å². The van der Waals surface area contributed by atoms with Crippen molar-refractivity contribution in [2.75, 3.05) is 12.4 Å². The lowest BCUT2D eigenvalue weighted by atomic mass is 10.1. The van der Waals surface area contributed by atoms with Gasteiger partial charge in [-0.3, -0.25) is 4.79 Å². The number of thiophene rings is 1. The minimum absolute atomic E-state index is 0.123. The number of nitrogens with one attached hydrogen (secondary N) is 2. The summed E-state index contributed by atoms with van der Waals surface area (Å²) in [5, 5.41) is 7.95. The van der Waals surface area contributed by atoms with E-state index >= 15 is 0 Å². The average Bonchev–Trinajstić information content (AvgIpc) is 2.94. The van der Waals surface area contributed by atoms with Crippen LogP contribution >= 0.6 is 22.9 Å². The number of fused-ring (bicyclic) bond motifs is 3. The van der Waals surface area contributed by atoms with Crippen LogP contribution in [0.15, 0.2) is 30.3 Å². The summed E-state index contributed by atoms with van der Waals surface area (Å²) in [6.07, 6.45) is -0.386. The van der Waals surface area contributed by atoms with Crippen molar-refractivity contribution in [2.45, 2.75) is 19.7 Å². The lowest BCUT2D eigenvalue weighted by molar-refractivity contribution is 0.0940. The molecular formula is C18H16ClN3O2S. The fourth-order valence-corrected chi connectivity index (χ4v) is 4.50. The van der Waals surface area contributed by atoms with Crippen LogP contribution in [0.4, 0.5) is 5.69 Å². The molecule has 3 aromatic rings. The molecule has 1 unspecified atom stereocenters. The Hall–Kier alpha value is -2.15. The van der Waals surface area contributed by atoms with Gasteiger partial charge >= 0.3 is 0 Å². The van der Waals surface area contributed by atoms with Crippen LogP contribution in [0.1, 0.15) is 32.7 Å². The molecule has 0 aliphatic carbocycles. The van der Waals surface area contributed by atoms with Crippen LogP contribution in [-0.4, -0.2) is 18.0 Å². The first-order chi connectivity index (χ1) is 12.1. The molecule has 2 aromatic heterocycles. The SMILES string of the molecule is COCc1cc(C)nc2sc3c(c12)NC(c1ccccc1Cl)NC3=O. The number of nitrogens with zero attached hydrogens (tertiary/aromatic N) is 1. The van der Waals surface area contributed by atoms with Gasteiger partial charge < -0.3 is 15.4 Å². The van der Waals surface area contributed by atoms with Gasteiger partial charge in [0.2, 0.25) is 0 Å². The number of methoxy groups -OCH3 is 1. The number of ether oxygens (including phenoxy) is 1. The Labute approximate surface area is 154 Å². The Bertz CT molecular complexity index is 986. The maximum atomic E-state index is 12.7. The third-order valence-corrected chi connectivity index (χ3v) is 5.58. The lowest BCUT2D eigenvalue weighted by Crippen LogP contribution is -2.37. The molecule has 1 aromatic carbocycles. The number of anilines is 1. The van der Waals surface area contributed by atoms with Crippen molar-refractivity contribution in [3.63, 3.8) is 0 Å². The van der Waals surface area contributed by atoms with Gasteiger partial charge in [0.15, 0.2) is 0 Å². The number of benzene rings is 1. The molecule has 5 nitrogen and oxygen atoms in total. The molecule has 7 heteroatoms. The lowest BCUT2D eigenvalue weighted by Gasteiger charge is -2.27. The molecule has 2 N–H and O–H groups in total. The summed E-state index contributed by atoms with van der Waals surface area (Å²) in [6.45, 7) is 2.40. The first-order valence-corrected chi connectivity index (χ1v) is 9.01. The van der Waals surface area contributed by atoms with Crippen LogP contribution in [0.3, 0.4) is 0 Å². The Kier molecular flexibility index (Phi) is 4.11. The third-order valence-electron chi connectivity index (χ3n) is 4.16. The number of hydrogen-bond acceptors (Lipinski definition) is 5. The summed E-state index contributed by atoms with van der Waals surface area (Å²) < 4.78 is 5.34. The molecule has 0 radical (unpaired) electrons. The number of pyridine rings is 1. The molecule has 25 heavy (non-hydrogen) atoms. The number of carbonyl (C=O) groups excluding carboxylic acids is 1. The van der Waals surface area contributed by atoms with Crippen LogP contribution in [-0.2, 0) is 11.3 Å². The highest BCUT2D eigenvalue weighted by Gasteiger charge is 2.31. The van der Waals surface area contributed by atoms with Crippen LogP contribution < -0.4 is 10.6 Å². The Balaban J connectivity index is 1.87. The second-order valence-electron chi connectivity index (χ2n) is 5.91. The highest BCUT2D eigenvalue weighted by molar-refractivity contribution is 7.21. The fourth-order valence-electron chi connectivity index (χ4n) is 3.12. The van der Waals surface area contributed by atoms with Crippen LogP contribution in [0.2, 0.25) is 5.02 Å². The quantitative estimate of drug-likeness (QED) is 0.720. The largest absolute Gasteiger partial charge is 0.380 e. The van der Waals surface area contributed by atoms with E-state index in [0.29, 0.717) is 16.5 Å². The zero-order chi connectivity index (χ0) is 17.6. The summed E-state index contributed by atoms with van der Waals surface area (Å²) in [4.78, 5) is 18.7. The van der Waals surface area contributed by atoms with Gasteiger partial charge in [0.05, 0.1) is 12.3 Å². The maximum absolute atomic E-state index is 12.7. The van der Waals surface area contributed by atoms with Gasteiger partial charge in [-0.25, -0.2) is 4.98 Å². The summed E-state index contributed by atoms with van der Waals surface area (Å²) >= 11 is 7.69. The minimum atomic E-state index is -0.386. The van der Waals surface area contributed by atoms with E-state index in [1.54, 1.807) is 7.11 Å². The summed E-state index contributed by atoms with van der Waals surface area (Å²) in [7, 11) is 1.66. The minimum Gasteiger partial charge on any atom is -0.380 e. The highest BCUT2D eigenvalue weighted by Crippen LogP contribution is 2.41. The Morgan fingerprint density at radius 1 is 1.32 bits per heavy atom. The van der Waals surface area contributed by atoms with Crippen molar-refractivity contribution in [2.24, 2.45) is 0 Å². The zero-order valence-electron chi connectivity index (χ0n) is 13.7. The molecular weight excluding hydrogens is 358 g/mol. The van der Waals surface area contributed by atoms with Crippen molar-refractivity contribution in [1.29, 1.82) is 0 Å². The molecule has 0 saturated carbocycles. The summed E-state index contributed by atoms with van der Waals surface area (Å²) in [5.41, 5.74) is 3.55. The number of carbonyl (C=O) groups is 1. The monoisotopic (exact) mass is 373 g/mol. The predicted octanol–water partition coefficient (Wildman–Crippen LogP) is 4.26. The maximum Gasteiger partial charge on any atom is 0.265 e. The van der Waals surface area contributed by atoms with E-state index in [2.05, 4.69) is 15.6 Å². The molecule has 1 aliphatic heterocycles. The molecule has 1 aliphatic rings. The van der Waals surface area contributed by atoms with Gasteiger partial charge in [-0.1, -0.05) is 29.8 Å². The zero-order valence-corrected chi connectivity index (χ0v) is 15.3. The molecule has 0 fully saturated rings. The van der Waals surface area contributed by atoms with Crippen molar-refractivity contribution in [3.05, 3.63) is 57.1 Å². The highest BCUT2D eigenvalue weighted by atomic mass is 35.5. The average molecular weight is 374 g/mol. The molecule has 0 spiro atoms. The number of rotatable bonds is 3. The first kappa shape index (κ1) is 16.3. The van der Waals surface area contributed by atoms with E-state index in [9.17, 15) is 4.79 Å². The van der Waals surface area contributed by atoms with Gasteiger partial charge in [0, 0.05) is 28.8 Å². The van der Waals surface area contributed by atoms with Crippen LogP contribution in [0.5, 0.6) is 0 Å². The first-order valence-electron chi connectivity index (χ1n) is 7.82. The van der Waals surface area contributed by atoms with E-state index in [4.69, 9.17) is 16.3 Å². The topological polar surface area (TPSA) is 63.2 Å². The number of amides is 1.